The van der Waals surface area contributed by atoms with E-state index in [1.54, 1.807) is 34.9 Å². The molecule has 0 aliphatic heterocycles. The van der Waals surface area contributed by atoms with Gasteiger partial charge in [-0.25, -0.2) is 0 Å². The second-order valence-corrected chi connectivity index (χ2v) is 7.10. The van der Waals surface area contributed by atoms with E-state index >= 15 is 0 Å². The molecule has 0 aliphatic rings. The molecule has 1 amide bonds. The molecule has 2 aromatic carbocycles. The summed E-state index contributed by atoms with van der Waals surface area (Å²) in [5.41, 5.74) is 1.90. The first-order chi connectivity index (χ1) is 13.0. The molecule has 0 aliphatic carbocycles. The van der Waals surface area contributed by atoms with Crippen molar-refractivity contribution in [3.63, 3.8) is 0 Å². The molecular formula is C19H17ClN2O4S. The molecule has 8 heteroatoms. The number of carbonyl (C=O) groups is 2. The lowest BCUT2D eigenvalue weighted by molar-refractivity contribution is -0.141. The molecule has 6 nitrogen and oxygen atoms in total. The van der Waals surface area contributed by atoms with Crippen molar-refractivity contribution < 1.29 is 19.1 Å². The zero-order chi connectivity index (χ0) is 19.6. The minimum absolute atomic E-state index is 0.0737. The summed E-state index contributed by atoms with van der Waals surface area (Å²) >= 11 is 7.55. The van der Waals surface area contributed by atoms with Crippen LogP contribution in [0.1, 0.15) is 15.9 Å². The lowest BCUT2D eigenvalue weighted by Crippen LogP contribution is -2.22. The van der Waals surface area contributed by atoms with Gasteiger partial charge in [0.25, 0.3) is 5.91 Å². The average Bonchev–Trinajstić information content (AvgIpc) is 3.02. The van der Waals surface area contributed by atoms with Crippen molar-refractivity contribution in [1.82, 2.24) is 4.57 Å². The fraction of sp³-hybridized carbons (Fsp3) is 0.211. The molecule has 3 rings (SSSR count). The fourth-order valence-corrected chi connectivity index (χ4v) is 3.95. The van der Waals surface area contributed by atoms with Gasteiger partial charge in [0, 0.05) is 5.02 Å². The van der Waals surface area contributed by atoms with E-state index in [1.807, 2.05) is 13.0 Å². The molecule has 0 spiro atoms. The molecule has 0 bridgehead atoms. The first-order valence-electron chi connectivity index (χ1n) is 8.03. The zero-order valence-electron chi connectivity index (χ0n) is 15.0. The Kier molecular flexibility index (Phi) is 5.62. The standard InChI is InChI=1S/C19H17ClN2O4S/c1-11-13(20)8-9-15-17(11)22(10-16(23)26-3)19(27-15)21-18(24)12-6-4-5-7-14(12)25-2/h4-9H,10H2,1-3H3. The Hall–Kier alpha value is -2.64. The number of halogens is 1. The summed E-state index contributed by atoms with van der Waals surface area (Å²) in [7, 11) is 2.81. The van der Waals surface area contributed by atoms with Crippen LogP contribution in [-0.2, 0) is 16.1 Å². The SMILES string of the molecule is COC(=O)Cn1c(=NC(=O)c2ccccc2OC)sc2ccc(Cl)c(C)c21. The number of para-hydroxylation sites is 1. The lowest BCUT2D eigenvalue weighted by Gasteiger charge is -2.07. The maximum absolute atomic E-state index is 12.7. The van der Waals surface area contributed by atoms with Crippen LogP contribution in [0.5, 0.6) is 5.75 Å². The Morgan fingerprint density at radius 2 is 1.93 bits per heavy atom. The van der Waals surface area contributed by atoms with Crippen LogP contribution in [0.3, 0.4) is 0 Å². The van der Waals surface area contributed by atoms with Gasteiger partial charge in [0.15, 0.2) is 4.80 Å². The Bertz CT molecular complexity index is 1100. The number of methoxy groups -OCH3 is 2. The molecule has 0 N–H and O–H groups in total. The van der Waals surface area contributed by atoms with Crippen LogP contribution < -0.4 is 9.54 Å². The van der Waals surface area contributed by atoms with Crippen LogP contribution in [0.15, 0.2) is 41.4 Å². The molecule has 0 atom stereocenters. The molecule has 1 aromatic heterocycles. The van der Waals surface area contributed by atoms with E-state index < -0.39 is 11.9 Å². The van der Waals surface area contributed by atoms with Crippen LogP contribution in [-0.4, -0.2) is 30.7 Å². The topological polar surface area (TPSA) is 69.9 Å². The zero-order valence-corrected chi connectivity index (χ0v) is 16.6. The molecule has 3 aromatic rings. The Balaban J connectivity index is 2.22. The summed E-state index contributed by atoms with van der Waals surface area (Å²) in [6.07, 6.45) is 0. The van der Waals surface area contributed by atoms with Crippen LogP contribution in [0.4, 0.5) is 0 Å². The number of aryl methyl sites for hydroxylation is 1. The van der Waals surface area contributed by atoms with Crippen molar-refractivity contribution in [2.75, 3.05) is 14.2 Å². The smallest absolute Gasteiger partial charge is 0.325 e. The summed E-state index contributed by atoms with van der Waals surface area (Å²) in [5.74, 6) is -0.465. The van der Waals surface area contributed by atoms with Gasteiger partial charge < -0.3 is 14.0 Å². The fourth-order valence-electron chi connectivity index (χ4n) is 2.71. The van der Waals surface area contributed by atoms with Gasteiger partial charge in [0.1, 0.15) is 12.3 Å². The number of nitrogens with zero attached hydrogens (tertiary/aromatic N) is 2. The van der Waals surface area contributed by atoms with Gasteiger partial charge in [0.2, 0.25) is 0 Å². The number of aromatic nitrogens is 1. The molecule has 0 saturated heterocycles. The summed E-state index contributed by atoms with van der Waals surface area (Å²) in [4.78, 5) is 29.3. The van der Waals surface area contributed by atoms with Gasteiger partial charge in [0.05, 0.1) is 30.0 Å². The molecule has 0 radical (unpaired) electrons. The minimum atomic E-state index is -0.457. The quantitative estimate of drug-likeness (QED) is 0.623. The third-order valence-electron chi connectivity index (χ3n) is 4.08. The predicted molar refractivity (Wildman–Crippen MR) is 104 cm³/mol. The van der Waals surface area contributed by atoms with Gasteiger partial charge in [-0.15, -0.1) is 0 Å². The Morgan fingerprint density at radius 3 is 2.63 bits per heavy atom. The van der Waals surface area contributed by atoms with Gasteiger partial charge in [-0.1, -0.05) is 35.1 Å². The van der Waals surface area contributed by atoms with E-state index in [-0.39, 0.29) is 6.54 Å². The number of hydrogen-bond acceptors (Lipinski definition) is 5. The van der Waals surface area contributed by atoms with Gasteiger partial charge in [-0.2, -0.15) is 4.99 Å². The first-order valence-corrected chi connectivity index (χ1v) is 9.23. The maximum Gasteiger partial charge on any atom is 0.325 e. The van der Waals surface area contributed by atoms with Crippen molar-refractivity contribution in [2.45, 2.75) is 13.5 Å². The number of benzene rings is 2. The molecule has 1 heterocycles. The number of ether oxygens (including phenoxy) is 2. The van der Waals surface area contributed by atoms with E-state index in [2.05, 4.69) is 4.99 Å². The minimum Gasteiger partial charge on any atom is -0.496 e. The number of rotatable bonds is 4. The molecular weight excluding hydrogens is 388 g/mol. The largest absolute Gasteiger partial charge is 0.496 e. The predicted octanol–water partition coefficient (Wildman–Crippen LogP) is 3.59. The van der Waals surface area contributed by atoms with Crippen LogP contribution >= 0.6 is 22.9 Å². The molecule has 140 valence electrons. The van der Waals surface area contributed by atoms with Crippen molar-refractivity contribution in [3.8, 4) is 5.75 Å². The second-order valence-electron chi connectivity index (χ2n) is 5.68. The van der Waals surface area contributed by atoms with E-state index in [9.17, 15) is 9.59 Å². The van der Waals surface area contributed by atoms with E-state index in [1.165, 1.54) is 25.6 Å². The monoisotopic (exact) mass is 404 g/mol. The Labute approximate surface area is 164 Å². The van der Waals surface area contributed by atoms with Crippen LogP contribution in [0.2, 0.25) is 5.02 Å². The lowest BCUT2D eigenvalue weighted by atomic mass is 10.2. The number of hydrogen-bond donors (Lipinski definition) is 0. The highest BCUT2D eigenvalue weighted by Gasteiger charge is 2.16. The van der Waals surface area contributed by atoms with E-state index in [0.717, 1.165) is 15.8 Å². The second kappa shape index (κ2) is 7.94. The Morgan fingerprint density at radius 1 is 1.19 bits per heavy atom. The number of thiazole rings is 1. The van der Waals surface area contributed by atoms with E-state index in [0.29, 0.717) is 21.1 Å². The summed E-state index contributed by atoms with van der Waals surface area (Å²) in [6.45, 7) is 1.78. The molecule has 27 heavy (non-hydrogen) atoms. The number of carbonyl (C=O) groups excluding carboxylic acids is 2. The van der Waals surface area contributed by atoms with Crippen LogP contribution in [0.25, 0.3) is 10.2 Å². The highest BCUT2D eigenvalue weighted by atomic mass is 35.5. The van der Waals surface area contributed by atoms with Crippen molar-refractivity contribution >= 4 is 45.0 Å². The normalized spacial score (nSPS) is 11.6. The van der Waals surface area contributed by atoms with Crippen LogP contribution in [0, 0.1) is 6.92 Å². The van der Waals surface area contributed by atoms with Gasteiger partial charge in [-0.3, -0.25) is 9.59 Å². The van der Waals surface area contributed by atoms with E-state index in [4.69, 9.17) is 21.1 Å². The average molecular weight is 405 g/mol. The number of esters is 1. The third-order valence-corrected chi connectivity index (χ3v) is 5.53. The molecule has 0 saturated carbocycles. The molecule has 0 fully saturated rings. The maximum atomic E-state index is 12.7. The third kappa shape index (κ3) is 3.74. The summed E-state index contributed by atoms with van der Waals surface area (Å²) in [5, 5.41) is 0.571. The van der Waals surface area contributed by atoms with Gasteiger partial charge >= 0.3 is 5.97 Å². The summed E-state index contributed by atoms with van der Waals surface area (Å²) < 4.78 is 12.5. The molecule has 0 unspecified atom stereocenters. The number of amides is 1. The highest BCUT2D eigenvalue weighted by Crippen LogP contribution is 2.27. The van der Waals surface area contributed by atoms with Crippen molar-refractivity contribution in [3.05, 3.63) is 57.3 Å². The summed E-state index contributed by atoms with van der Waals surface area (Å²) in [6, 6.07) is 10.5. The first kappa shape index (κ1) is 19.1. The highest BCUT2D eigenvalue weighted by molar-refractivity contribution is 7.16. The number of fused-ring (bicyclic) bond motifs is 1. The van der Waals surface area contributed by atoms with Crippen molar-refractivity contribution in [2.24, 2.45) is 4.99 Å². The van der Waals surface area contributed by atoms with Crippen molar-refractivity contribution in [1.29, 1.82) is 0 Å². The van der Waals surface area contributed by atoms with Gasteiger partial charge in [-0.05, 0) is 36.8 Å².